The van der Waals surface area contributed by atoms with E-state index in [1.54, 1.807) is 0 Å². The Bertz CT molecular complexity index is 473. The fourth-order valence-corrected chi connectivity index (χ4v) is 2.32. The molecule has 0 bridgehead atoms. The van der Waals surface area contributed by atoms with Crippen LogP contribution >= 0.6 is 0 Å². The van der Waals surface area contributed by atoms with Crippen LogP contribution in [0.3, 0.4) is 0 Å². The molecule has 2 heterocycles. The third-order valence-electron chi connectivity index (χ3n) is 3.61. The van der Waals surface area contributed by atoms with Crippen molar-refractivity contribution in [2.75, 3.05) is 37.4 Å². The predicted octanol–water partition coefficient (Wildman–Crippen LogP) is 1.03. The van der Waals surface area contributed by atoms with Crippen LogP contribution in [-0.2, 0) is 0 Å². The number of rotatable bonds is 5. The van der Waals surface area contributed by atoms with Gasteiger partial charge in [0.25, 0.3) is 0 Å². The first-order chi connectivity index (χ1) is 9.60. The smallest absolute Gasteiger partial charge is 0.311 e. The molecule has 8 nitrogen and oxygen atoms in total. The standard InChI is InChI=1S/C12H20N6O2/c1-17-6-4-9(5-7-17)8-14-12-10(18(19)20)2-3-11(15-12)16-13/h2-3,9H,4-8,13H2,1H3,(H2,14,15,16). The van der Waals surface area contributed by atoms with Gasteiger partial charge in [0, 0.05) is 12.6 Å². The second-order valence-corrected chi connectivity index (χ2v) is 5.09. The second kappa shape index (κ2) is 6.49. The number of nitrogens with one attached hydrogen (secondary N) is 2. The first-order valence-corrected chi connectivity index (χ1v) is 6.64. The molecule has 0 amide bonds. The molecule has 1 aliphatic heterocycles. The normalized spacial score (nSPS) is 16.9. The summed E-state index contributed by atoms with van der Waals surface area (Å²) in [5.41, 5.74) is 2.37. The molecule has 0 unspecified atom stereocenters. The van der Waals surface area contributed by atoms with Crippen LogP contribution in [0.1, 0.15) is 12.8 Å². The van der Waals surface area contributed by atoms with E-state index in [1.807, 2.05) is 0 Å². The van der Waals surface area contributed by atoms with Crippen LogP contribution in [0.25, 0.3) is 0 Å². The monoisotopic (exact) mass is 280 g/mol. The molecule has 8 heteroatoms. The summed E-state index contributed by atoms with van der Waals surface area (Å²) in [5.74, 6) is 6.47. The maximum atomic E-state index is 11.0. The van der Waals surface area contributed by atoms with Gasteiger partial charge in [0.2, 0.25) is 5.82 Å². The number of piperidine rings is 1. The summed E-state index contributed by atoms with van der Waals surface area (Å²) in [6.45, 7) is 2.81. The zero-order chi connectivity index (χ0) is 14.5. The van der Waals surface area contributed by atoms with Crippen molar-refractivity contribution in [1.29, 1.82) is 0 Å². The highest BCUT2D eigenvalue weighted by atomic mass is 16.6. The SMILES string of the molecule is CN1CCC(CNc2nc(NN)ccc2[N+](=O)[O-])CC1. The molecule has 0 saturated carbocycles. The largest absolute Gasteiger partial charge is 0.364 e. The van der Waals surface area contributed by atoms with E-state index < -0.39 is 4.92 Å². The Morgan fingerprint density at radius 2 is 2.20 bits per heavy atom. The van der Waals surface area contributed by atoms with Crippen molar-refractivity contribution in [1.82, 2.24) is 9.88 Å². The molecule has 110 valence electrons. The lowest BCUT2D eigenvalue weighted by Gasteiger charge is -2.29. The van der Waals surface area contributed by atoms with Gasteiger partial charge in [-0.2, -0.15) is 0 Å². The summed E-state index contributed by atoms with van der Waals surface area (Å²) in [6, 6.07) is 2.89. The van der Waals surface area contributed by atoms with Gasteiger partial charge < -0.3 is 15.6 Å². The van der Waals surface area contributed by atoms with E-state index >= 15 is 0 Å². The first-order valence-electron chi connectivity index (χ1n) is 6.64. The van der Waals surface area contributed by atoms with Crippen molar-refractivity contribution in [3.8, 4) is 0 Å². The number of nitrogens with zero attached hydrogens (tertiary/aromatic N) is 3. The number of likely N-dealkylation sites (tertiary alicyclic amines) is 1. The molecule has 1 aromatic heterocycles. The van der Waals surface area contributed by atoms with E-state index in [-0.39, 0.29) is 11.5 Å². The minimum absolute atomic E-state index is 0.0306. The number of nitro groups is 1. The van der Waals surface area contributed by atoms with Gasteiger partial charge in [-0.15, -0.1) is 0 Å². The molecule has 2 rings (SSSR count). The average Bonchev–Trinajstić information content (AvgIpc) is 2.46. The number of hydrogen-bond acceptors (Lipinski definition) is 7. The van der Waals surface area contributed by atoms with E-state index in [0.717, 1.165) is 25.9 Å². The Morgan fingerprint density at radius 1 is 1.50 bits per heavy atom. The van der Waals surface area contributed by atoms with E-state index in [0.29, 0.717) is 18.3 Å². The van der Waals surface area contributed by atoms with Gasteiger partial charge >= 0.3 is 5.69 Å². The molecule has 0 atom stereocenters. The number of hydrogen-bond donors (Lipinski definition) is 3. The zero-order valence-corrected chi connectivity index (χ0v) is 11.5. The number of anilines is 2. The topological polar surface area (TPSA) is 109 Å². The molecule has 0 aromatic carbocycles. The summed E-state index contributed by atoms with van der Waals surface area (Å²) in [5, 5.41) is 14.1. The minimum Gasteiger partial charge on any atom is -0.364 e. The Labute approximate surface area is 117 Å². The Kier molecular flexibility index (Phi) is 4.70. The quantitative estimate of drug-likeness (QED) is 0.420. The summed E-state index contributed by atoms with van der Waals surface area (Å²) in [7, 11) is 2.10. The summed E-state index contributed by atoms with van der Waals surface area (Å²) < 4.78 is 0. The van der Waals surface area contributed by atoms with Crippen LogP contribution in [0.5, 0.6) is 0 Å². The first kappa shape index (κ1) is 14.5. The average molecular weight is 280 g/mol. The lowest BCUT2D eigenvalue weighted by Crippen LogP contribution is -2.33. The van der Waals surface area contributed by atoms with Crippen molar-refractivity contribution in [2.24, 2.45) is 11.8 Å². The summed E-state index contributed by atoms with van der Waals surface area (Å²) in [4.78, 5) is 16.9. The number of hydrazine groups is 1. The third kappa shape index (κ3) is 3.55. The Hall–Kier alpha value is -1.93. The summed E-state index contributed by atoms with van der Waals surface area (Å²) >= 11 is 0. The number of nitrogen functional groups attached to an aromatic ring is 1. The van der Waals surface area contributed by atoms with Gasteiger partial charge in [-0.3, -0.25) is 10.1 Å². The van der Waals surface area contributed by atoms with E-state index in [4.69, 9.17) is 5.84 Å². The van der Waals surface area contributed by atoms with Crippen LogP contribution < -0.4 is 16.6 Å². The lowest BCUT2D eigenvalue weighted by atomic mass is 9.97. The highest BCUT2D eigenvalue weighted by Gasteiger charge is 2.20. The number of pyridine rings is 1. The number of nitrogens with two attached hydrogens (primary N) is 1. The molecular formula is C12H20N6O2. The van der Waals surface area contributed by atoms with Gasteiger partial charge in [0.1, 0.15) is 5.82 Å². The van der Waals surface area contributed by atoms with E-state index in [1.165, 1.54) is 12.1 Å². The van der Waals surface area contributed by atoms with Crippen molar-refractivity contribution >= 4 is 17.3 Å². The minimum atomic E-state index is -0.440. The summed E-state index contributed by atoms with van der Waals surface area (Å²) in [6.07, 6.45) is 2.18. The van der Waals surface area contributed by atoms with Crippen molar-refractivity contribution in [3.05, 3.63) is 22.2 Å². The van der Waals surface area contributed by atoms with Crippen molar-refractivity contribution < 1.29 is 4.92 Å². The molecule has 0 radical (unpaired) electrons. The molecule has 4 N–H and O–H groups in total. The maximum absolute atomic E-state index is 11.0. The van der Waals surface area contributed by atoms with Gasteiger partial charge in [0.15, 0.2) is 0 Å². The molecule has 1 aliphatic rings. The molecule has 20 heavy (non-hydrogen) atoms. The predicted molar refractivity (Wildman–Crippen MR) is 77.4 cm³/mol. The third-order valence-corrected chi connectivity index (χ3v) is 3.61. The molecular weight excluding hydrogens is 260 g/mol. The highest BCUT2D eigenvalue weighted by Crippen LogP contribution is 2.25. The van der Waals surface area contributed by atoms with Crippen LogP contribution in [0, 0.1) is 16.0 Å². The van der Waals surface area contributed by atoms with Crippen LogP contribution in [0.15, 0.2) is 12.1 Å². The molecule has 0 aliphatic carbocycles. The van der Waals surface area contributed by atoms with Gasteiger partial charge in [0.05, 0.1) is 4.92 Å². The Balaban J connectivity index is 2.02. The van der Waals surface area contributed by atoms with E-state index in [9.17, 15) is 10.1 Å². The van der Waals surface area contributed by atoms with Gasteiger partial charge in [-0.1, -0.05) is 0 Å². The van der Waals surface area contributed by atoms with Crippen molar-refractivity contribution in [3.63, 3.8) is 0 Å². The van der Waals surface area contributed by atoms with Crippen LogP contribution in [0.2, 0.25) is 0 Å². The maximum Gasteiger partial charge on any atom is 0.311 e. The molecule has 1 saturated heterocycles. The van der Waals surface area contributed by atoms with Crippen LogP contribution in [0.4, 0.5) is 17.3 Å². The molecule has 0 spiro atoms. The van der Waals surface area contributed by atoms with Gasteiger partial charge in [-0.05, 0) is 45.0 Å². The molecule has 1 fully saturated rings. The van der Waals surface area contributed by atoms with Gasteiger partial charge in [-0.25, -0.2) is 10.8 Å². The number of aromatic nitrogens is 1. The Morgan fingerprint density at radius 3 is 2.80 bits per heavy atom. The van der Waals surface area contributed by atoms with E-state index in [2.05, 4.69) is 27.7 Å². The lowest BCUT2D eigenvalue weighted by molar-refractivity contribution is -0.384. The fourth-order valence-electron chi connectivity index (χ4n) is 2.32. The van der Waals surface area contributed by atoms with Crippen molar-refractivity contribution in [2.45, 2.75) is 12.8 Å². The highest BCUT2D eigenvalue weighted by molar-refractivity contribution is 5.59. The van der Waals surface area contributed by atoms with Crippen LogP contribution in [-0.4, -0.2) is 41.5 Å². The second-order valence-electron chi connectivity index (χ2n) is 5.09. The zero-order valence-electron chi connectivity index (χ0n) is 11.5. The molecule has 1 aromatic rings. The fraction of sp³-hybridized carbons (Fsp3) is 0.583.